The van der Waals surface area contributed by atoms with E-state index in [0.717, 1.165) is 57.1 Å². The highest BCUT2D eigenvalue weighted by Gasteiger charge is 2.70. The lowest BCUT2D eigenvalue weighted by Crippen LogP contribution is -2.68. The van der Waals surface area contributed by atoms with E-state index in [1.54, 1.807) is 12.5 Å². The van der Waals surface area contributed by atoms with E-state index < -0.39 is 27.3 Å². The van der Waals surface area contributed by atoms with Crippen molar-refractivity contribution in [2.45, 2.75) is 157 Å². The maximum atomic E-state index is 13.7. The Hall–Kier alpha value is -2.75. The van der Waals surface area contributed by atoms with Gasteiger partial charge in [0.25, 0.3) is 0 Å². The van der Waals surface area contributed by atoms with Crippen LogP contribution in [0.1, 0.15) is 144 Å². The van der Waals surface area contributed by atoms with Crippen LogP contribution >= 0.6 is 0 Å². The van der Waals surface area contributed by atoms with Gasteiger partial charge in [-0.05, 0) is 165 Å². The third-order valence-electron chi connectivity index (χ3n) is 19.9. The van der Waals surface area contributed by atoms with E-state index in [9.17, 15) is 18.0 Å². The number of carbonyl (C=O) groups excluding carboxylic acids is 2. The van der Waals surface area contributed by atoms with Crippen molar-refractivity contribution in [3.8, 4) is 0 Å². The molecule has 11 atom stereocenters. The molecule has 6 aliphatic carbocycles. The quantitative estimate of drug-likeness (QED) is 0.164. The molecule has 63 heavy (non-hydrogen) atoms. The number of nitrogens with zero attached hydrogens (tertiary/aromatic N) is 1. The summed E-state index contributed by atoms with van der Waals surface area (Å²) in [6.07, 6.45) is 19.2. The van der Waals surface area contributed by atoms with Gasteiger partial charge in [-0.2, -0.15) is 0 Å². The van der Waals surface area contributed by atoms with Crippen molar-refractivity contribution in [3.63, 3.8) is 0 Å². The number of fused-ring (bicyclic) bond motifs is 7. The summed E-state index contributed by atoms with van der Waals surface area (Å²) in [6, 6.07) is 9.29. The van der Waals surface area contributed by atoms with Crippen LogP contribution in [0.15, 0.2) is 65.8 Å². The fourth-order valence-electron chi connectivity index (χ4n) is 16.3. The van der Waals surface area contributed by atoms with Gasteiger partial charge in [0.15, 0.2) is 9.84 Å². The zero-order valence-electron chi connectivity index (χ0n) is 40.2. The highest BCUT2D eigenvalue weighted by atomic mass is 32.2. The standard InChI is InChI=1S/C54H80N2O6S/c1-10-53(48(58)62-35-38-15-13-12-14-16-38)26-19-39(20-27-53)41-22-24-50(7)44(49(41,5)6)23-25-52(9)45(50)18-17-42-46-40(37(3)4)21-28-54(46,30-29-51(42,52)8)55-31-32-56-33-34-63(59,60)36-43(56)47(57)61-11-2/h12-16,19,22,40,42-46,55H,3,10-11,17-18,20-21,23-36H2,1-2,4-9H3/t40?,42-,43?,44+,45?,46-,50+,51-,52-,53-,54+/m1/s1. The maximum absolute atomic E-state index is 13.7. The minimum absolute atomic E-state index is 0.0194. The SMILES string of the molecule is C=C(C)C1CC[C@]2(NCCN3CCS(=O)(=O)CC3C(=O)OCC)CC[C@]3(C)[C@H](CCC4[C@@]5(C)CC=C(C6=CC[C@@](CC)(C(=O)OCc7ccccc7)CC6)C(C)(C)[C@@H]5CC[C@]43C)[C@@H]12. The monoisotopic (exact) mass is 885 g/mol. The lowest BCUT2D eigenvalue weighted by Gasteiger charge is -2.72. The number of allylic oxidation sites excluding steroid dienone is 5. The number of nitrogens with one attached hydrogen (secondary N) is 1. The normalized spacial score (nSPS) is 40.5. The molecule has 3 unspecified atom stereocenters. The molecule has 348 valence electrons. The van der Waals surface area contributed by atoms with E-state index in [2.05, 4.69) is 77.4 Å². The third-order valence-corrected chi connectivity index (χ3v) is 21.5. The minimum Gasteiger partial charge on any atom is -0.465 e. The Kier molecular flexibility index (Phi) is 12.7. The molecule has 0 radical (unpaired) electrons. The zero-order valence-corrected chi connectivity index (χ0v) is 41.0. The lowest BCUT2D eigenvalue weighted by atomic mass is 9.33. The number of esters is 2. The summed E-state index contributed by atoms with van der Waals surface area (Å²) in [7, 11) is -3.28. The Morgan fingerprint density at radius 3 is 2.32 bits per heavy atom. The number of ether oxygens (including phenoxy) is 2. The zero-order chi connectivity index (χ0) is 45.2. The summed E-state index contributed by atoms with van der Waals surface area (Å²) in [5, 5.41) is 4.18. The van der Waals surface area contributed by atoms with Gasteiger partial charge in [0, 0.05) is 25.2 Å². The molecule has 1 saturated heterocycles. The van der Waals surface area contributed by atoms with E-state index >= 15 is 0 Å². The van der Waals surface area contributed by atoms with Crippen molar-refractivity contribution in [1.82, 2.24) is 10.2 Å². The van der Waals surface area contributed by atoms with Crippen LogP contribution in [0.2, 0.25) is 0 Å². The summed E-state index contributed by atoms with van der Waals surface area (Å²) in [4.78, 5) is 28.7. The molecule has 1 aromatic rings. The van der Waals surface area contributed by atoms with E-state index in [-0.39, 0.29) is 51.3 Å². The fourth-order valence-corrected chi connectivity index (χ4v) is 17.8. The summed E-state index contributed by atoms with van der Waals surface area (Å²) in [6.45, 7) is 26.3. The molecule has 4 saturated carbocycles. The second kappa shape index (κ2) is 17.2. The molecule has 8 nitrogen and oxygen atoms in total. The molecule has 1 aliphatic heterocycles. The predicted octanol–water partition coefficient (Wildman–Crippen LogP) is 10.4. The van der Waals surface area contributed by atoms with Crippen molar-refractivity contribution < 1.29 is 27.5 Å². The van der Waals surface area contributed by atoms with E-state index in [0.29, 0.717) is 49.3 Å². The Balaban J connectivity index is 0.993. The Morgan fingerprint density at radius 1 is 0.873 bits per heavy atom. The van der Waals surface area contributed by atoms with Crippen molar-refractivity contribution in [1.29, 1.82) is 0 Å². The van der Waals surface area contributed by atoms with Gasteiger partial charge in [-0.15, -0.1) is 0 Å². The van der Waals surface area contributed by atoms with Gasteiger partial charge < -0.3 is 14.8 Å². The number of carbonyl (C=O) groups is 2. The molecule has 1 aromatic carbocycles. The topological polar surface area (TPSA) is 102 Å². The van der Waals surface area contributed by atoms with Crippen molar-refractivity contribution in [3.05, 3.63) is 71.3 Å². The maximum Gasteiger partial charge on any atom is 0.324 e. The van der Waals surface area contributed by atoms with E-state index in [1.165, 1.54) is 49.7 Å². The molecule has 0 aromatic heterocycles. The predicted molar refractivity (Wildman–Crippen MR) is 252 cm³/mol. The molecular formula is C54H80N2O6S. The molecule has 0 spiro atoms. The van der Waals surface area contributed by atoms with E-state index in [1.807, 2.05) is 30.3 Å². The lowest BCUT2D eigenvalue weighted by molar-refractivity contribution is -0.221. The highest BCUT2D eigenvalue weighted by Crippen LogP contribution is 2.76. The van der Waals surface area contributed by atoms with Gasteiger partial charge in [0.05, 0.1) is 23.5 Å². The van der Waals surface area contributed by atoms with Gasteiger partial charge in [-0.25, -0.2) is 8.42 Å². The first-order valence-corrected chi connectivity index (χ1v) is 26.7. The van der Waals surface area contributed by atoms with Crippen LogP contribution in [0.3, 0.4) is 0 Å². The summed E-state index contributed by atoms with van der Waals surface area (Å²) in [5.74, 6) is 2.32. The molecule has 1 N–H and O–H groups in total. The molecule has 7 aliphatic rings. The Labute approximate surface area is 380 Å². The van der Waals surface area contributed by atoms with Crippen LogP contribution in [0, 0.1) is 56.7 Å². The summed E-state index contributed by atoms with van der Waals surface area (Å²) >= 11 is 0. The molecule has 9 heteroatoms. The molecule has 0 bridgehead atoms. The van der Waals surface area contributed by atoms with Crippen LogP contribution in [0.4, 0.5) is 0 Å². The van der Waals surface area contributed by atoms with Crippen LogP contribution in [0.25, 0.3) is 0 Å². The Bertz CT molecular complexity index is 2100. The van der Waals surface area contributed by atoms with Crippen LogP contribution < -0.4 is 5.32 Å². The highest BCUT2D eigenvalue weighted by molar-refractivity contribution is 7.91. The second-order valence-corrected chi connectivity index (χ2v) is 25.1. The second-order valence-electron chi connectivity index (χ2n) is 22.9. The minimum atomic E-state index is -3.28. The summed E-state index contributed by atoms with van der Waals surface area (Å²) in [5.41, 5.74) is 5.64. The number of rotatable bonds is 12. The third kappa shape index (κ3) is 7.85. The Morgan fingerprint density at radius 2 is 1.63 bits per heavy atom. The van der Waals surface area contributed by atoms with Crippen LogP contribution in [-0.2, 0) is 35.5 Å². The molecular weight excluding hydrogens is 805 g/mol. The first-order valence-electron chi connectivity index (χ1n) is 24.9. The van der Waals surface area contributed by atoms with Crippen LogP contribution in [0.5, 0.6) is 0 Å². The number of benzene rings is 1. The van der Waals surface area contributed by atoms with Crippen molar-refractivity contribution >= 4 is 21.8 Å². The smallest absolute Gasteiger partial charge is 0.324 e. The average molecular weight is 885 g/mol. The van der Waals surface area contributed by atoms with Gasteiger partial charge in [-0.3, -0.25) is 14.5 Å². The van der Waals surface area contributed by atoms with Gasteiger partial charge >= 0.3 is 11.9 Å². The van der Waals surface area contributed by atoms with Gasteiger partial charge in [0.1, 0.15) is 12.6 Å². The van der Waals surface area contributed by atoms with Gasteiger partial charge in [-0.1, -0.05) is 96.2 Å². The van der Waals surface area contributed by atoms with Gasteiger partial charge in [0.2, 0.25) is 0 Å². The number of hydrogen-bond donors (Lipinski definition) is 1. The number of hydrogen-bond acceptors (Lipinski definition) is 8. The van der Waals surface area contributed by atoms with E-state index in [4.69, 9.17) is 9.47 Å². The molecule has 1 heterocycles. The largest absolute Gasteiger partial charge is 0.465 e. The fraction of sp³-hybridized carbons (Fsp3) is 0.741. The first kappa shape index (κ1) is 46.8. The molecule has 8 rings (SSSR count). The van der Waals surface area contributed by atoms with Crippen molar-refractivity contribution in [2.24, 2.45) is 56.7 Å². The number of sulfone groups is 1. The molecule has 5 fully saturated rings. The first-order chi connectivity index (χ1) is 29.8. The van der Waals surface area contributed by atoms with Crippen molar-refractivity contribution in [2.75, 3.05) is 37.7 Å². The molecule has 0 amide bonds. The average Bonchev–Trinajstić information content (AvgIpc) is 3.64. The van der Waals surface area contributed by atoms with Crippen LogP contribution in [-0.4, -0.2) is 74.6 Å². The summed E-state index contributed by atoms with van der Waals surface area (Å²) < 4.78 is 36.5.